The standard InChI is InChI=1S/C19H21FN2O2.ClH/c1-12-5-7-13(8-6-12)18(21)19(23)22-14-9-10-17(16(20)11-14)24-15-3-2-4-15;/h5-11,15,18H,2-4,21H2,1H3,(H,22,23);1H. The van der Waals surface area contributed by atoms with E-state index >= 15 is 0 Å². The normalized spacial score (nSPS) is 14.8. The second-order valence-electron chi connectivity index (χ2n) is 6.19. The van der Waals surface area contributed by atoms with E-state index in [1.165, 1.54) is 6.07 Å². The number of rotatable bonds is 5. The molecule has 1 aliphatic rings. The molecule has 0 radical (unpaired) electrons. The van der Waals surface area contributed by atoms with Crippen LogP contribution in [-0.4, -0.2) is 12.0 Å². The Bertz CT molecular complexity index is 733. The first-order valence-corrected chi connectivity index (χ1v) is 8.12. The summed E-state index contributed by atoms with van der Waals surface area (Å²) in [6.07, 6.45) is 3.15. The largest absolute Gasteiger partial charge is 0.487 e. The molecular formula is C19H22ClFN2O2. The highest BCUT2D eigenvalue weighted by Gasteiger charge is 2.21. The van der Waals surface area contributed by atoms with Crippen molar-refractivity contribution in [1.29, 1.82) is 0 Å². The minimum Gasteiger partial charge on any atom is -0.487 e. The summed E-state index contributed by atoms with van der Waals surface area (Å²) in [6, 6.07) is 11.0. The maximum atomic E-state index is 14.1. The molecule has 0 heterocycles. The molecule has 3 rings (SSSR count). The number of halogens is 2. The number of hydrogen-bond acceptors (Lipinski definition) is 3. The van der Waals surface area contributed by atoms with Crippen LogP contribution in [0.25, 0.3) is 0 Å². The summed E-state index contributed by atoms with van der Waals surface area (Å²) < 4.78 is 19.6. The number of nitrogens with two attached hydrogens (primary N) is 1. The first-order valence-electron chi connectivity index (χ1n) is 8.12. The van der Waals surface area contributed by atoms with Crippen molar-refractivity contribution in [2.45, 2.75) is 38.3 Å². The molecule has 3 N–H and O–H groups in total. The molecule has 0 aliphatic heterocycles. The van der Waals surface area contributed by atoms with Crippen LogP contribution in [0.4, 0.5) is 10.1 Å². The van der Waals surface area contributed by atoms with Gasteiger partial charge in [-0.2, -0.15) is 0 Å². The third kappa shape index (κ3) is 4.71. The molecule has 1 amide bonds. The molecule has 0 spiro atoms. The Kier molecular flexibility index (Phi) is 6.39. The lowest BCUT2D eigenvalue weighted by Gasteiger charge is -2.26. The van der Waals surface area contributed by atoms with Crippen LogP contribution in [0.5, 0.6) is 5.75 Å². The van der Waals surface area contributed by atoms with Crippen molar-refractivity contribution < 1.29 is 13.9 Å². The summed E-state index contributed by atoms with van der Waals surface area (Å²) in [5, 5.41) is 2.64. The van der Waals surface area contributed by atoms with E-state index in [2.05, 4.69) is 5.32 Å². The summed E-state index contributed by atoms with van der Waals surface area (Å²) in [6.45, 7) is 1.96. The molecule has 1 aliphatic carbocycles. The number of carbonyl (C=O) groups is 1. The van der Waals surface area contributed by atoms with Gasteiger partial charge in [-0.15, -0.1) is 12.4 Å². The second kappa shape index (κ2) is 8.32. The van der Waals surface area contributed by atoms with Gasteiger partial charge < -0.3 is 15.8 Å². The van der Waals surface area contributed by atoms with E-state index in [9.17, 15) is 9.18 Å². The van der Waals surface area contributed by atoms with Gasteiger partial charge in [0.25, 0.3) is 0 Å². The van der Waals surface area contributed by atoms with Crippen LogP contribution >= 0.6 is 12.4 Å². The number of benzene rings is 2. The summed E-state index contributed by atoms with van der Waals surface area (Å²) in [7, 11) is 0. The summed E-state index contributed by atoms with van der Waals surface area (Å²) in [4.78, 5) is 12.2. The average Bonchev–Trinajstić information content (AvgIpc) is 2.52. The Balaban J connectivity index is 0.00000225. The molecule has 2 aromatic carbocycles. The molecule has 2 aromatic rings. The number of aryl methyl sites for hydroxylation is 1. The highest BCUT2D eigenvalue weighted by Crippen LogP contribution is 2.28. The van der Waals surface area contributed by atoms with Crippen molar-refractivity contribution in [1.82, 2.24) is 0 Å². The monoisotopic (exact) mass is 364 g/mol. The van der Waals surface area contributed by atoms with Crippen LogP contribution in [0.2, 0.25) is 0 Å². The van der Waals surface area contributed by atoms with E-state index in [1.807, 2.05) is 31.2 Å². The highest BCUT2D eigenvalue weighted by molar-refractivity contribution is 5.95. The predicted molar refractivity (Wildman–Crippen MR) is 98.7 cm³/mol. The quantitative estimate of drug-likeness (QED) is 0.838. The fourth-order valence-electron chi connectivity index (χ4n) is 2.49. The first kappa shape index (κ1) is 19.2. The Morgan fingerprint density at radius 1 is 1.24 bits per heavy atom. The van der Waals surface area contributed by atoms with E-state index < -0.39 is 11.9 Å². The van der Waals surface area contributed by atoms with Crippen molar-refractivity contribution >= 4 is 24.0 Å². The average molecular weight is 365 g/mol. The van der Waals surface area contributed by atoms with Gasteiger partial charge in [-0.1, -0.05) is 29.8 Å². The van der Waals surface area contributed by atoms with Gasteiger partial charge in [0, 0.05) is 11.8 Å². The van der Waals surface area contributed by atoms with Crippen LogP contribution in [0, 0.1) is 12.7 Å². The third-order valence-corrected chi connectivity index (χ3v) is 4.26. The Labute approximate surface area is 153 Å². The van der Waals surface area contributed by atoms with Gasteiger partial charge >= 0.3 is 0 Å². The van der Waals surface area contributed by atoms with Gasteiger partial charge in [0.15, 0.2) is 11.6 Å². The molecule has 1 unspecified atom stereocenters. The zero-order valence-corrected chi connectivity index (χ0v) is 14.8. The molecule has 4 nitrogen and oxygen atoms in total. The van der Waals surface area contributed by atoms with Crippen molar-refractivity contribution in [3.8, 4) is 5.75 Å². The lowest BCUT2D eigenvalue weighted by molar-refractivity contribution is -0.117. The predicted octanol–water partition coefficient (Wildman–Crippen LogP) is 4.13. The Morgan fingerprint density at radius 2 is 1.92 bits per heavy atom. The van der Waals surface area contributed by atoms with Crippen LogP contribution in [0.1, 0.15) is 36.4 Å². The van der Waals surface area contributed by atoms with Crippen LogP contribution in [0.15, 0.2) is 42.5 Å². The van der Waals surface area contributed by atoms with E-state index in [4.69, 9.17) is 10.5 Å². The van der Waals surface area contributed by atoms with Crippen molar-refractivity contribution in [3.63, 3.8) is 0 Å². The van der Waals surface area contributed by atoms with Gasteiger partial charge in [-0.3, -0.25) is 4.79 Å². The van der Waals surface area contributed by atoms with Crippen molar-refractivity contribution in [2.24, 2.45) is 5.73 Å². The van der Waals surface area contributed by atoms with Crippen LogP contribution in [0.3, 0.4) is 0 Å². The number of ether oxygens (including phenoxy) is 1. The van der Waals surface area contributed by atoms with Gasteiger partial charge in [-0.25, -0.2) is 4.39 Å². The minimum absolute atomic E-state index is 0. The zero-order valence-electron chi connectivity index (χ0n) is 14.0. The topological polar surface area (TPSA) is 64.4 Å². The smallest absolute Gasteiger partial charge is 0.245 e. The van der Waals surface area contributed by atoms with Gasteiger partial charge in [-0.05, 0) is 43.9 Å². The summed E-state index contributed by atoms with van der Waals surface area (Å²) >= 11 is 0. The van der Waals surface area contributed by atoms with Crippen molar-refractivity contribution in [3.05, 3.63) is 59.4 Å². The Hall–Kier alpha value is -2.11. The van der Waals surface area contributed by atoms with Crippen LogP contribution < -0.4 is 15.8 Å². The summed E-state index contributed by atoms with van der Waals surface area (Å²) in [5.74, 6) is -0.643. The fourth-order valence-corrected chi connectivity index (χ4v) is 2.49. The Morgan fingerprint density at radius 3 is 2.48 bits per heavy atom. The van der Waals surface area contributed by atoms with Gasteiger partial charge in [0.1, 0.15) is 6.04 Å². The zero-order chi connectivity index (χ0) is 17.1. The molecule has 0 aromatic heterocycles. The number of nitrogens with one attached hydrogen (secondary N) is 1. The molecule has 134 valence electrons. The van der Waals surface area contributed by atoms with Gasteiger partial charge in [0.05, 0.1) is 6.10 Å². The maximum Gasteiger partial charge on any atom is 0.245 e. The second-order valence-corrected chi connectivity index (χ2v) is 6.19. The van der Waals surface area contributed by atoms with Crippen LogP contribution in [-0.2, 0) is 4.79 Å². The third-order valence-electron chi connectivity index (χ3n) is 4.26. The molecule has 1 fully saturated rings. The van der Waals surface area contributed by atoms with Gasteiger partial charge in [0.2, 0.25) is 5.91 Å². The maximum absolute atomic E-state index is 14.1. The minimum atomic E-state index is -0.806. The molecule has 25 heavy (non-hydrogen) atoms. The number of hydrogen-bond donors (Lipinski definition) is 2. The lowest BCUT2D eigenvalue weighted by atomic mass is 9.96. The molecule has 0 bridgehead atoms. The number of amides is 1. The van der Waals surface area contributed by atoms with E-state index in [1.54, 1.807) is 12.1 Å². The number of anilines is 1. The molecule has 1 atom stereocenters. The summed E-state index contributed by atoms with van der Waals surface area (Å²) in [5.41, 5.74) is 8.13. The number of carbonyl (C=O) groups excluding carboxylic acids is 1. The highest BCUT2D eigenvalue weighted by atomic mass is 35.5. The lowest BCUT2D eigenvalue weighted by Crippen LogP contribution is -2.28. The molecular weight excluding hydrogens is 343 g/mol. The van der Waals surface area contributed by atoms with E-state index in [-0.39, 0.29) is 30.2 Å². The SMILES string of the molecule is Cc1ccc(C(N)C(=O)Nc2ccc(OC3CCC3)c(F)c2)cc1.Cl. The fraction of sp³-hybridized carbons (Fsp3) is 0.316. The molecule has 0 saturated heterocycles. The first-order chi connectivity index (χ1) is 11.5. The van der Waals surface area contributed by atoms with Crippen molar-refractivity contribution in [2.75, 3.05) is 5.32 Å². The van der Waals surface area contributed by atoms with E-state index in [0.29, 0.717) is 11.3 Å². The molecule has 6 heteroatoms. The van der Waals surface area contributed by atoms with E-state index in [0.717, 1.165) is 24.8 Å². The molecule has 1 saturated carbocycles.